The number of pyridine rings is 1. The number of carbonyl (C=O) groups excluding carboxylic acids is 1. The van der Waals surface area contributed by atoms with Crippen molar-refractivity contribution in [1.82, 2.24) is 10.3 Å². The minimum atomic E-state index is -0.208. The van der Waals surface area contributed by atoms with Crippen LogP contribution in [-0.2, 0) is 6.54 Å². The molecule has 0 saturated carbocycles. The zero-order valence-corrected chi connectivity index (χ0v) is 14.8. The molecule has 3 aromatic rings. The number of nitrogens with zero attached hydrogens (tertiary/aromatic N) is 1. The number of amides is 1. The molecule has 5 nitrogen and oxygen atoms in total. The third-order valence-corrected chi connectivity index (χ3v) is 4.44. The molecule has 6 heteroatoms. The Balaban J connectivity index is 1.72. The first-order valence-corrected chi connectivity index (χ1v) is 8.62. The maximum atomic E-state index is 12.5. The molecule has 0 atom stereocenters. The summed E-state index contributed by atoms with van der Waals surface area (Å²) in [4.78, 5) is 16.7. The second-order valence-electron chi connectivity index (χ2n) is 5.34. The first kappa shape index (κ1) is 17.0. The van der Waals surface area contributed by atoms with Crippen LogP contribution in [0.4, 0.5) is 0 Å². The lowest BCUT2D eigenvalue weighted by Gasteiger charge is -2.11. The molecule has 2 aromatic heterocycles. The summed E-state index contributed by atoms with van der Waals surface area (Å²) in [6, 6.07) is 9.18. The Kier molecular flexibility index (Phi) is 5.30. The molecule has 1 aromatic carbocycles. The largest absolute Gasteiger partial charge is 0.497 e. The van der Waals surface area contributed by atoms with E-state index in [4.69, 9.17) is 9.47 Å². The van der Waals surface area contributed by atoms with E-state index in [2.05, 4.69) is 15.7 Å². The second kappa shape index (κ2) is 7.81. The summed E-state index contributed by atoms with van der Waals surface area (Å²) in [5.74, 6) is 0.906. The lowest BCUT2D eigenvalue weighted by molar-refractivity contribution is 0.0948. The van der Waals surface area contributed by atoms with E-state index in [1.165, 1.54) is 7.11 Å². The quantitative estimate of drug-likeness (QED) is 0.732. The molecule has 3 rings (SSSR count). The highest BCUT2D eigenvalue weighted by molar-refractivity contribution is 7.08. The van der Waals surface area contributed by atoms with Crippen molar-refractivity contribution in [3.05, 3.63) is 64.6 Å². The molecule has 0 spiro atoms. The van der Waals surface area contributed by atoms with Crippen molar-refractivity contribution < 1.29 is 14.3 Å². The Morgan fingerprint density at radius 3 is 2.72 bits per heavy atom. The summed E-state index contributed by atoms with van der Waals surface area (Å²) < 4.78 is 10.4. The Bertz CT molecular complexity index is 863. The van der Waals surface area contributed by atoms with Gasteiger partial charge in [-0.3, -0.25) is 9.78 Å². The van der Waals surface area contributed by atoms with Gasteiger partial charge in [0.15, 0.2) is 0 Å². The number of thiophene rings is 1. The highest BCUT2D eigenvalue weighted by Crippen LogP contribution is 2.25. The highest BCUT2D eigenvalue weighted by Gasteiger charge is 2.13. The SMILES string of the molecule is COc1ccc(C(=O)NCc2cncc(-c3ccsc3)c2)c(OC)c1. The van der Waals surface area contributed by atoms with E-state index in [0.717, 1.165) is 16.7 Å². The van der Waals surface area contributed by atoms with Crippen LogP contribution in [0.15, 0.2) is 53.5 Å². The molecule has 0 radical (unpaired) electrons. The van der Waals surface area contributed by atoms with Crippen LogP contribution in [0, 0.1) is 0 Å². The Labute approximate surface area is 150 Å². The number of aromatic nitrogens is 1. The van der Waals surface area contributed by atoms with E-state index in [1.54, 1.807) is 42.8 Å². The van der Waals surface area contributed by atoms with Crippen molar-refractivity contribution in [2.75, 3.05) is 14.2 Å². The predicted molar refractivity (Wildman–Crippen MR) is 98.3 cm³/mol. The van der Waals surface area contributed by atoms with Gasteiger partial charge in [-0.05, 0) is 46.2 Å². The van der Waals surface area contributed by atoms with Gasteiger partial charge in [-0.2, -0.15) is 11.3 Å². The average molecular weight is 354 g/mol. The van der Waals surface area contributed by atoms with Crippen LogP contribution in [0.2, 0.25) is 0 Å². The summed E-state index contributed by atoms with van der Waals surface area (Å²) in [5, 5.41) is 7.00. The van der Waals surface area contributed by atoms with Crippen molar-refractivity contribution in [3.8, 4) is 22.6 Å². The fourth-order valence-corrected chi connectivity index (χ4v) is 3.10. The molecule has 0 aliphatic carbocycles. The third kappa shape index (κ3) is 3.97. The fourth-order valence-electron chi connectivity index (χ4n) is 2.43. The summed E-state index contributed by atoms with van der Waals surface area (Å²) >= 11 is 1.64. The topological polar surface area (TPSA) is 60.5 Å². The van der Waals surface area contributed by atoms with E-state index in [9.17, 15) is 4.79 Å². The molecule has 0 unspecified atom stereocenters. The average Bonchev–Trinajstić information content (AvgIpc) is 3.20. The van der Waals surface area contributed by atoms with Gasteiger partial charge in [-0.25, -0.2) is 0 Å². The summed E-state index contributed by atoms with van der Waals surface area (Å²) in [6.07, 6.45) is 3.57. The number of carbonyl (C=O) groups is 1. The van der Waals surface area contributed by atoms with Crippen molar-refractivity contribution in [1.29, 1.82) is 0 Å². The highest BCUT2D eigenvalue weighted by atomic mass is 32.1. The zero-order chi connectivity index (χ0) is 17.6. The zero-order valence-electron chi connectivity index (χ0n) is 14.0. The molecule has 1 N–H and O–H groups in total. The van der Waals surface area contributed by atoms with Crippen molar-refractivity contribution in [2.45, 2.75) is 6.54 Å². The summed E-state index contributed by atoms with van der Waals surface area (Å²) in [7, 11) is 3.10. The van der Waals surface area contributed by atoms with Crippen LogP contribution < -0.4 is 14.8 Å². The molecule has 25 heavy (non-hydrogen) atoms. The van der Waals surface area contributed by atoms with E-state index in [0.29, 0.717) is 23.6 Å². The number of rotatable bonds is 6. The first-order chi connectivity index (χ1) is 12.2. The summed E-state index contributed by atoms with van der Waals surface area (Å²) in [6.45, 7) is 0.388. The van der Waals surface area contributed by atoms with Gasteiger partial charge in [-0.1, -0.05) is 0 Å². The lowest BCUT2D eigenvalue weighted by atomic mass is 10.1. The number of nitrogens with one attached hydrogen (secondary N) is 1. The van der Waals surface area contributed by atoms with E-state index in [-0.39, 0.29) is 5.91 Å². The summed E-state index contributed by atoms with van der Waals surface area (Å²) in [5.41, 5.74) is 3.56. The minimum absolute atomic E-state index is 0.208. The number of ether oxygens (including phenoxy) is 2. The van der Waals surface area contributed by atoms with Crippen LogP contribution in [0.25, 0.3) is 11.1 Å². The van der Waals surface area contributed by atoms with Crippen LogP contribution in [0.1, 0.15) is 15.9 Å². The molecular formula is C19H18N2O3S. The van der Waals surface area contributed by atoms with Crippen LogP contribution >= 0.6 is 11.3 Å². The van der Waals surface area contributed by atoms with Crippen LogP contribution in [-0.4, -0.2) is 25.1 Å². The van der Waals surface area contributed by atoms with Crippen LogP contribution in [0.3, 0.4) is 0 Å². The molecule has 0 aliphatic rings. The smallest absolute Gasteiger partial charge is 0.255 e. The first-order valence-electron chi connectivity index (χ1n) is 7.68. The van der Waals surface area contributed by atoms with Gasteiger partial charge in [0.25, 0.3) is 5.91 Å². The normalized spacial score (nSPS) is 10.3. The third-order valence-electron chi connectivity index (χ3n) is 3.76. The molecule has 0 fully saturated rings. The van der Waals surface area contributed by atoms with Gasteiger partial charge >= 0.3 is 0 Å². The van der Waals surface area contributed by atoms with Gasteiger partial charge in [0.2, 0.25) is 0 Å². The Morgan fingerprint density at radius 1 is 1.12 bits per heavy atom. The van der Waals surface area contributed by atoms with Crippen molar-refractivity contribution >= 4 is 17.2 Å². The van der Waals surface area contributed by atoms with Crippen molar-refractivity contribution in [2.24, 2.45) is 0 Å². The molecular weight excluding hydrogens is 336 g/mol. The molecule has 1 amide bonds. The monoisotopic (exact) mass is 354 g/mol. The predicted octanol–water partition coefficient (Wildman–Crippen LogP) is 3.76. The standard InChI is InChI=1S/C19H18N2O3S/c1-23-16-3-4-17(18(8-16)24-2)19(22)21-10-13-7-15(11-20-9-13)14-5-6-25-12-14/h3-9,11-12H,10H2,1-2H3,(H,21,22). The number of hydrogen-bond donors (Lipinski definition) is 1. The Hall–Kier alpha value is -2.86. The number of hydrogen-bond acceptors (Lipinski definition) is 5. The molecule has 0 aliphatic heterocycles. The van der Waals surface area contributed by atoms with E-state index < -0.39 is 0 Å². The second-order valence-corrected chi connectivity index (χ2v) is 6.12. The number of benzene rings is 1. The molecule has 2 heterocycles. The van der Waals surface area contributed by atoms with Gasteiger partial charge in [-0.15, -0.1) is 0 Å². The maximum Gasteiger partial charge on any atom is 0.255 e. The lowest BCUT2D eigenvalue weighted by Crippen LogP contribution is -2.23. The van der Waals surface area contributed by atoms with Gasteiger partial charge < -0.3 is 14.8 Å². The molecule has 0 saturated heterocycles. The number of methoxy groups -OCH3 is 2. The fraction of sp³-hybridized carbons (Fsp3) is 0.158. The van der Waals surface area contributed by atoms with Gasteiger partial charge in [0, 0.05) is 30.6 Å². The maximum absolute atomic E-state index is 12.5. The van der Waals surface area contributed by atoms with Crippen LogP contribution in [0.5, 0.6) is 11.5 Å². The molecule has 0 bridgehead atoms. The van der Waals surface area contributed by atoms with Gasteiger partial charge in [0.05, 0.1) is 19.8 Å². The van der Waals surface area contributed by atoms with Gasteiger partial charge in [0.1, 0.15) is 11.5 Å². The van der Waals surface area contributed by atoms with E-state index >= 15 is 0 Å². The molecule has 128 valence electrons. The minimum Gasteiger partial charge on any atom is -0.497 e. The Morgan fingerprint density at radius 2 is 2.00 bits per heavy atom. The van der Waals surface area contributed by atoms with Crippen molar-refractivity contribution in [3.63, 3.8) is 0 Å². The van der Waals surface area contributed by atoms with E-state index in [1.807, 2.05) is 23.7 Å².